The van der Waals surface area contributed by atoms with E-state index < -0.39 is 0 Å². The lowest BCUT2D eigenvalue weighted by molar-refractivity contribution is -0.132. The van der Waals surface area contributed by atoms with E-state index in [1.54, 1.807) is 17.1 Å². The van der Waals surface area contributed by atoms with Gasteiger partial charge in [0.15, 0.2) is 5.82 Å². The third-order valence-corrected chi connectivity index (χ3v) is 4.64. The number of nitrogens with zero attached hydrogens (tertiary/aromatic N) is 6. The van der Waals surface area contributed by atoms with Gasteiger partial charge in [0, 0.05) is 32.4 Å². The van der Waals surface area contributed by atoms with Gasteiger partial charge >= 0.3 is 0 Å². The van der Waals surface area contributed by atoms with Crippen LogP contribution < -0.4 is 10.6 Å². The smallest absolute Gasteiger partial charge is 0.237 e. The molecular weight excluding hydrogens is 368 g/mol. The van der Waals surface area contributed by atoms with Crippen LogP contribution in [0, 0.1) is 0 Å². The SMILES string of the molecule is CN(C)CC(=O)N1CCCC1CNc1nc(Nc2cnn(C)c2)ncc1Cl. The van der Waals surface area contributed by atoms with Crippen LogP contribution >= 0.6 is 11.6 Å². The minimum absolute atomic E-state index is 0.137. The van der Waals surface area contributed by atoms with Crippen LogP contribution in [-0.2, 0) is 11.8 Å². The van der Waals surface area contributed by atoms with Gasteiger partial charge in [0.25, 0.3) is 0 Å². The monoisotopic (exact) mass is 392 g/mol. The van der Waals surface area contributed by atoms with Crippen LogP contribution in [0.25, 0.3) is 0 Å². The largest absolute Gasteiger partial charge is 0.367 e. The van der Waals surface area contributed by atoms with Crippen molar-refractivity contribution < 1.29 is 4.79 Å². The predicted molar refractivity (Wildman–Crippen MR) is 105 cm³/mol. The topological polar surface area (TPSA) is 91.2 Å². The molecule has 0 bridgehead atoms. The molecule has 0 aliphatic carbocycles. The van der Waals surface area contributed by atoms with Crippen molar-refractivity contribution in [1.29, 1.82) is 0 Å². The molecular formula is C17H25ClN8O. The Kier molecular flexibility index (Phi) is 6.12. The van der Waals surface area contributed by atoms with Crippen molar-refractivity contribution in [1.82, 2.24) is 29.5 Å². The molecule has 0 radical (unpaired) electrons. The number of likely N-dealkylation sites (N-methyl/N-ethyl adjacent to an activating group) is 1. The van der Waals surface area contributed by atoms with Crippen molar-refractivity contribution in [2.45, 2.75) is 18.9 Å². The lowest BCUT2D eigenvalue weighted by Crippen LogP contribution is -2.43. The second kappa shape index (κ2) is 8.53. The summed E-state index contributed by atoms with van der Waals surface area (Å²) in [7, 11) is 5.64. The quantitative estimate of drug-likeness (QED) is 0.739. The molecule has 1 fully saturated rings. The average molecular weight is 393 g/mol. The number of halogens is 1. The lowest BCUT2D eigenvalue weighted by Gasteiger charge is -2.26. The summed E-state index contributed by atoms with van der Waals surface area (Å²) >= 11 is 6.24. The van der Waals surface area contributed by atoms with E-state index in [1.807, 2.05) is 37.1 Å². The first-order chi connectivity index (χ1) is 12.9. The van der Waals surface area contributed by atoms with E-state index in [4.69, 9.17) is 11.6 Å². The lowest BCUT2D eigenvalue weighted by atomic mass is 10.2. The van der Waals surface area contributed by atoms with Crippen molar-refractivity contribution >= 4 is 35.0 Å². The van der Waals surface area contributed by atoms with Gasteiger partial charge in [-0.1, -0.05) is 11.6 Å². The number of likely N-dealkylation sites (tertiary alicyclic amines) is 1. The third kappa shape index (κ3) is 5.08. The third-order valence-electron chi connectivity index (χ3n) is 4.36. The molecule has 0 spiro atoms. The van der Waals surface area contributed by atoms with E-state index in [2.05, 4.69) is 25.7 Å². The van der Waals surface area contributed by atoms with E-state index in [1.165, 1.54) is 0 Å². The van der Waals surface area contributed by atoms with Gasteiger partial charge in [0.05, 0.1) is 24.6 Å². The summed E-state index contributed by atoms with van der Waals surface area (Å²) in [5, 5.41) is 10.9. The number of anilines is 3. The Bertz CT molecular complexity index is 793. The molecule has 9 nitrogen and oxygen atoms in total. The Hall–Kier alpha value is -2.39. The predicted octanol–water partition coefficient (Wildman–Crippen LogP) is 1.57. The number of carbonyl (C=O) groups is 1. The maximum atomic E-state index is 12.4. The summed E-state index contributed by atoms with van der Waals surface area (Å²) in [6, 6.07) is 0.137. The fourth-order valence-electron chi connectivity index (χ4n) is 3.12. The van der Waals surface area contributed by atoms with E-state index >= 15 is 0 Å². The van der Waals surface area contributed by atoms with Crippen LogP contribution in [0.1, 0.15) is 12.8 Å². The van der Waals surface area contributed by atoms with Gasteiger partial charge in [-0.05, 0) is 26.9 Å². The van der Waals surface area contributed by atoms with Crippen LogP contribution in [0.5, 0.6) is 0 Å². The highest BCUT2D eigenvalue weighted by Gasteiger charge is 2.28. The Morgan fingerprint density at radius 3 is 2.93 bits per heavy atom. The fourth-order valence-corrected chi connectivity index (χ4v) is 3.28. The molecule has 1 aliphatic heterocycles. The highest BCUT2D eigenvalue weighted by Crippen LogP contribution is 2.23. The van der Waals surface area contributed by atoms with Gasteiger partial charge in [-0.15, -0.1) is 0 Å². The van der Waals surface area contributed by atoms with Crippen molar-refractivity contribution in [3.8, 4) is 0 Å². The molecule has 0 aromatic carbocycles. The standard InChI is InChI=1S/C17H25ClN8O/c1-24(2)11-15(27)26-6-4-5-13(26)8-19-16-14(18)9-20-17(23-16)22-12-7-21-25(3)10-12/h7,9-10,13H,4-6,8,11H2,1-3H3,(H2,19,20,22,23). The van der Waals surface area contributed by atoms with Crippen molar-refractivity contribution in [3.05, 3.63) is 23.6 Å². The molecule has 2 aromatic rings. The second-order valence-electron chi connectivity index (χ2n) is 6.92. The zero-order valence-corrected chi connectivity index (χ0v) is 16.6. The van der Waals surface area contributed by atoms with Gasteiger partial charge in [-0.3, -0.25) is 9.48 Å². The summed E-state index contributed by atoms with van der Waals surface area (Å²) in [4.78, 5) is 24.9. The van der Waals surface area contributed by atoms with Crippen LogP contribution in [0.2, 0.25) is 5.02 Å². The zero-order valence-electron chi connectivity index (χ0n) is 15.8. The Morgan fingerprint density at radius 2 is 2.22 bits per heavy atom. The number of rotatable bonds is 7. The maximum absolute atomic E-state index is 12.4. The molecule has 1 aliphatic rings. The first-order valence-electron chi connectivity index (χ1n) is 8.88. The normalized spacial score (nSPS) is 16.8. The van der Waals surface area contributed by atoms with Gasteiger partial charge < -0.3 is 20.4 Å². The van der Waals surface area contributed by atoms with Crippen LogP contribution in [0.15, 0.2) is 18.6 Å². The van der Waals surface area contributed by atoms with Crippen LogP contribution in [0.3, 0.4) is 0 Å². The molecule has 10 heteroatoms. The summed E-state index contributed by atoms with van der Waals surface area (Å²) in [5.41, 5.74) is 0.794. The van der Waals surface area contributed by atoms with E-state index in [-0.39, 0.29) is 11.9 Å². The van der Waals surface area contributed by atoms with E-state index in [0.29, 0.717) is 29.9 Å². The molecule has 1 atom stereocenters. The molecule has 1 amide bonds. The molecule has 1 saturated heterocycles. The summed E-state index contributed by atoms with van der Waals surface area (Å²) in [6.07, 6.45) is 7.06. The van der Waals surface area contributed by atoms with E-state index in [0.717, 1.165) is 25.1 Å². The Balaban J connectivity index is 1.63. The van der Waals surface area contributed by atoms with Gasteiger partial charge in [-0.2, -0.15) is 10.1 Å². The summed E-state index contributed by atoms with van der Waals surface area (Å²) in [5.74, 6) is 1.13. The number of aryl methyl sites for hydroxylation is 1. The first-order valence-corrected chi connectivity index (χ1v) is 9.26. The van der Waals surface area contributed by atoms with Crippen molar-refractivity contribution in [2.75, 3.05) is 44.4 Å². The van der Waals surface area contributed by atoms with Gasteiger partial charge in [-0.25, -0.2) is 4.98 Å². The molecule has 2 aromatic heterocycles. The molecule has 27 heavy (non-hydrogen) atoms. The zero-order chi connectivity index (χ0) is 19.4. The van der Waals surface area contributed by atoms with Gasteiger partial charge in [0.2, 0.25) is 11.9 Å². The minimum atomic E-state index is 0.137. The van der Waals surface area contributed by atoms with Crippen LogP contribution in [-0.4, -0.2) is 75.2 Å². The van der Waals surface area contributed by atoms with Crippen LogP contribution in [0.4, 0.5) is 17.5 Å². The molecule has 146 valence electrons. The van der Waals surface area contributed by atoms with E-state index in [9.17, 15) is 4.79 Å². The second-order valence-corrected chi connectivity index (χ2v) is 7.33. The summed E-state index contributed by atoms with van der Waals surface area (Å²) in [6.45, 7) is 1.82. The van der Waals surface area contributed by atoms with Crippen molar-refractivity contribution in [3.63, 3.8) is 0 Å². The Morgan fingerprint density at radius 1 is 1.41 bits per heavy atom. The molecule has 2 N–H and O–H groups in total. The van der Waals surface area contributed by atoms with Crippen molar-refractivity contribution in [2.24, 2.45) is 7.05 Å². The average Bonchev–Trinajstić information content (AvgIpc) is 3.23. The number of hydrogen-bond donors (Lipinski definition) is 2. The minimum Gasteiger partial charge on any atom is -0.367 e. The first kappa shape index (κ1) is 19.4. The molecule has 3 rings (SSSR count). The fraction of sp³-hybridized carbons (Fsp3) is 0.529. The number of aromatic nitrogens is 4. The maximum Gasteiger partial charge on any atom is 0.237 e. The Labute approximate surface area is 163 Å². The highest BCUT2D eigenvalue weighted by molar-refractivity contribution is 6.32. The van der Waals surface area contributed by atoms with Gasteiger partial charge in [0.1, 0.15) is 5.02 Å². The summed E-state index contributed by atoms with van der Waals surface area (Å²) < 4.78 is 1.69. The highest BCUT2D eigenvalue weighted by atomic mass is 35.5. The molecule has 1 unspecified atom stereocenters. The number of nitrogens with one attached hydrogen (secondary N) is 2. The molecule has 3 heterocycles. The molecule has 0 saturated carbocycles. The number of hydrogen-bond acceptors (Lipinski definition) is 7. The number of carbonyl (C=O) groups excluding carboxylic acids is 1. The number of amides is 1.